The van der Waals surface area contributed by atoms with Crippen molar-refractivity contribution in [2.45, 2.75) is 0 Å². The van der Waals surface area contributed by atoms with Crippen LogP contribution in [0.5, 0.6) is 0 Å². The third-order valence-electron chi connectivity index (χ3n) is 2.86. The molecule has 0 unspecified atom stereocenters. The molecule has 2 aromatic carbocycles. The van der Waals surface area contributed by atoms with E-state index in [1.54, 1.807) is 6.08 Å². The fourth-order valence-corrected chi connectivity index (χ4v) is 2.61. The van der Waals surface area contributed by atoms with Gasteiger partial charge in [0.15, 0.2) is 0 Å². The molecule has 0 aromatic heterocycles. The summed E-state index contributed by atoms with van der Waals surface area (Å²) >= 11 is 3.67. The van der Waals surface area contributed by atoms with Crippen LogP contribution in [-0.2, 0) is 4.74 Å². The molecule has 2 heteroatoms. The number of halogens is 1. The van der Waals surface area contributed by atoms with E-state index in [1.165, 1.54) is 11.1 Å². The van der Waals surface area contributed by atoms with E-state index in [0.717, 1.165) is 10.1 Å². The van der Waals surface area contributed by atoms with Gasteiger partial charge in [0.05, 0.1) is 13.2 Å². The normalized spacial score (nSPS) is 10.1. The van der Waals surface area contributed by atoms with E-state index in [4.69, 9.17) is 4.74 Å². The molecule has 0 bridgehead atoms. The molecule has 102 valence electrons. The molecule has 0 N–H and O–H groups in total. The first kappa shape index (κ1) is 14.8. The second-order valence-corrected chi connectivity index (χ2v) is 5.27. The van der Waals surface area contributed by atoms with Gasteiger partial charge in [0, 0.05) is 10.1 Å². The number of ether oxygens (including phenoxy) is 1. The monoisotopic (exact) mass is 328 g/mol. The fraction of sp³-hybridized carbons (Fsp3) is 0.111. The molecule has 20 heavy (non-hydrogen) atoms. The van der Waals surface area contributed by atoms with Crippen molar-refractivity contribution in [2.75, 3.05) is 13.2 Å². The lowest BCUT2D eigenvalue weighted by atomic mass is 9.98. The van der Waals surface area contributed by atoms with Gasteiger partial charge in [-0.15, -0.1) is 6.58 Å². The van der Waals surface area contributed by atoms with Crippen molar-refractivity contribution >= 4 is 21.5 Å². The van der Waals surface area contributed by atoms with Crippen molar-refractivity contribution in [1.82, 2.24) is 0 Å². The van der Waals surface area contributed by atoms with Gasteiger partial charge in [0.2, 0.25) is 0 Å². The Morgan fingerprint density at radius 2 is 1.45 bits per heavy atom. The van der Waals surface area contributed by atoms with E-state index in [1.807, 2.05) is 36.4 Å². The zero-order chi connectivity index (χ0) is 14.2. The van der Waals surface area contributed by atoms with Gasteiger partial charge in [0.25, 0.3) is 0 Å². The summed E-state index contributed by atoms with van der Waals surface area (Å²) in [6.07, 6.45) is 1.75. The smallest absolute Gasteiger partial charge is 0.0792 e. The molecule has 0 aliphatic heterocycles. The Morgan fingerprint density at radius 1 is 0.950 bits per heavy atom. The van der Waals surface area contributed by atoms with E-state index in [0.29, 0.717) is 13.2 Å². The van der Waals surface area contributed by atoms with Crippen molar-refractivity contribution in [1.29, 1.82) is 0 Å². The minimum Gasteiger partial charge on any atom is -0.372 e. The molecule has 0 aliphatic carbocycles. The SMILES string of the molecule is C=CCOCC(Br)=C(c1ccccc1)c1ccccc1. The molecule has 0 amide bonds. The zero-order valence-corrected chi connectivity index (χ0v) is 12.8. The quantitative estimate of drug-likeness (QED) is 0.533. The second-order valence-electron chi connectivity index (χ2n) is 4.32. The molecule has 0 radical (unpaired) electrons. The number of benzene rings is 2. The van der Waals surface area contributed by atoms with Crippen LogP contribution in [-0.4, -0.2) is 13.2 Å². The molecule has 2 aromatic rings. The van der Waals surface area contributed by atoms with Crippen molar-refractivity contribution in [3.8, 4) is 0 Å². The zero-order valence-electron chi connectivity index (χ0n) is 11.3. The maximum Gasteiger partial charge on any atom is 0.0792 e. The summed E-state index contributed by atoms with van der Waals surface area (Å²) in [6.45, 7) is 4.74. The van der Waals surface area contributed by atoms with Crippen molar-refractivity contribution < 1.29 is 4.74 Å². The molecule has 0 saturated heterocycles. The van der Waals surface area contributed by atoms with Crippen LogP contribution in [0.15, 0.2) is 77.8 Å². The van der Waals surface area contributed by atoms with Gasteiger partial charge in [-0.25, -0.2) is 0 Å². The number of rotatable bonds is 6. The molecular formula is C18H17BrO. The van der Waals surface area contributed by atoms with Crippen LogP contribution >= 0.6 is 15.9 Å². The van der Waals surface area contributed by atoms with Crippen LogP contribution in [0.25, 0.3) is 5.57 Å². The van der Waals surface area contributed by atoms with E-state index in [2.05, 4.69) is 46.8 Å². The molecule has 0 saturated carbocycles. The summed E-state index contributed by atoms with van der Waals surface area (Å²) in [7, 11) is 0. The van der Waals surface area contributed by atoms with Crippen molar-refractivity contribution in [3.63, 3.8) is 0 Å². The Hall–Kier alpha value is -1.64. The maximum atomic E-state index is 5.55. The summed E-state index contributed by atoms with van der Waals surface area (Å²) in [4.78, 5) is 0. The Morgan fingerprint density at radius 3 is 1.90 bits per heavy atom. The van der Waals surface area contributed by atoms with Gasteiger partial charge >= 0.3 is 0 Å². The Kier molecular flexibility index (Phi) is 5.78. The summed E-state index contributed by atoms with van der Waals surface area (Å²) < 4.78 is 6.58. The molecule has 0 heterocycles. The lowest BCUT2D eigenvalue weighted by Crippen LogP contribution is -1.98. The van der Waals surface area contributed by atoms with E-state index in [-0.39, 0.29) is 0 Å². The summed E-state index contributed by atoms with van der Waals surface area (Å²) in [5.74, 6) is 0. The van der Waals surface area contributed by atoms with Gasteiger partial charge in [-0.1, -0.05) is 82.7 Å². The summed E-state index contributed by atoms with van der Waals surface area (Å²) in [5.41, 5.74) is 3.51. The number of hydrogen-bond acceptors (Lipinski definition) is 1. The summed E-state index contributed by atoms with van der Waals surface area (Å²) in [5, 5.41) is 0. The Bertz CT molecular complexity index is 531. The minimum atomic E-state index is 0.533. The van der Waals surface area contributed by atoms with E-state index < -0.39 is 0 Å². The lowest BCUT2D eigenvalue weighted by Gasteiger charge is -2.12. The van der Waals surface area contributed by atoms with Crippen LogP contribution in [0.1, 0.15) is 11.1 Å². The fourth-order valence-electron chi connectivity index (χ4n) is 1.99. The van der Waals surface area contributed by atoms with Crippen molar-refractivity contribution in [2.24, 2.45) is 0 Å². The molecule has 0 fully saturated rings. The standard InChI is InChI=1S/C18H17BrO/c1-2-13-20-14-17(19)18(15-9-5-3-6-10-15)16-11-7-4-8-12-16/h2-12H,1,13-14H2. The first-order valence-corrected chi connectivity index (χ1v) is 7.30. The van der Waals surface area contributed by atoms with Crippen LogP contribution in [0.4, 0.5) is 0 Å². The molecule has 0 spiro atoms. The first-order chi connectivity index (χ1) is 9.83. The van der Waals surface area contributed by atoms with Crippen molar-refractivity contribution in [3.05, 3.63) is 88.9 Å². The largest absolute Gasteiger partial charge is 0.372 e. The molecular weight excluding hydrogens is 312 g/mol. The van der Waals surface area contributed by atoms with Gasteiger partial charge in [-0.3, -0.25) is 0 Å². The highest BCUT2D eigenvalue weighted by atomic mass is 79.9. The van der Waals surface area contributed by atoms with Gasteiger partial charge in [-0.05, 0) is 11.1 Å². The predicted molar refractivity (Wildman–Crippen MR) is 88.8 cm³/mol. The third-order valence-corrected chi connectivity index (χ3v) is 3.49. The average Bonchev–Trinajstić information content (AvgIpc) is 2.50. The summed E-state index contributed by atoms with van der Waals surface area (Å²) in [6, 6.07) is 20.7. The van der Waals surface area contributed by atoms with E-state index in [9.17, 15) is 0 Å². The average molecular weight is 329 g/mol. The lowest BCUT2D eigenvalue weighted by molar-refractivity contribution is 0.193. The topological polar surface area (TPSA) is 9.23 Å². The molecule has 0 atom stereocenters. The molecule has 0 aliphatic rings. The second kappa shape index (κ2) is 7.83. The highest BCUT2D eigenvalue weighted by molar-refractivity contribution is 9.11. The van der Waals surface area contributed by atoms with Gasteiger partial charge < -0.3 is 4.74 Å². The van der Waals surface area contributed by atoms with Gasteiger partial charge in [0.1, 0.15) is 0 Å². The van der Waals surface area contributed by atoms with Crippen LogP contribution in [0.2, 0.25) is 0 Å². The first-order valence-electron chi connectivity index (χ1n) is 6.51. The Balaban J connectivity index is 2.39. The maximum absolute atomic E-state index is 5.55. The number of hydrogen-bond donors (Lipinski definition) is 0. The molecule has 2 rings (SSSR count). The van der Waals surface area contributed by atoms with Gasteiger partial charge in [-0.2, -0.15) is 0 Å². The third kappa shape index (κ3) is 3.92. The predicted octanol–water partition coefficient (Wildman–Crippen LogP) is 5.04. The van der Waals surface area contributed by atoms with Crippen LogP contribution in [0.3, 0.4) is 0 Å². The van der Waals surface area contributed by atoms with Crippen LogP contribution < -0.4 is 0 Å². The highest BCUT2D eigenvalue weighted by Gasteiger charge is 2.09. The Labute approximate surface area is 128 Å². The van der Waals surface area contributed by atoms with E-state index >= 15 is 0 Å². The molecule has 1 nitrogen and oxygen atoms in total. The highest BCUT2D eigenvalue weighted by Crippen LogP contribution is 2.29. The minimum absolute atomic E-state index is 0.533. The van der Waals surface area contributed by atoms with Crippen LogP contribution in [0, 0.1) is 0 Å².